The largest absolute Gasteiger partial charge is 0.313 e. The fourth-order valence-corrected chi connectivity index (χ4v) is 5.97. The number of thioether (sulfide) groups is 2. The smallest absolute Gasteiger partial charge is 0.137 e. The maximum Gasteiger partial charge on any atom is 0.137 e. The molecule has 3 atom stereocenters. The molecule has 0 radical (unpaired) electrons. The van der Waals surface area contributed by atoms with Gasteiger partial charge in [0.2, 0.25) is 0 Å². The molecule has 1 aromatic carbocycles. The molecule has 0 spiro atoms. The lowest BCUT2D eigenvalue weighted by Crippen LogP contribution is -2.45. The van der Waals surface area contributed by atoms with Crippen LogP contribution >= 0.6 is 39.5 Å². The lowest BCUT2D eigenvalue weighted by Gasteiger charge is -2.35. The second kappa shape index (κ2) is 8.06. The Hall–Kier alpha value is 0.290. The van der Waals surface area contributed by atoms with Crippen molar-refractivity contribution in [1.82, 2.24) is 5.32 Å². The van der Waals surface area contributed by atoms with E-state index < -0.39 is 0 Å². The maximum absolute atomic E-state index is 13.3. The molecule has 0 saturated carbocycles. The van der Waals surface area contributed by atoms with Crippen molar-refractivity contribution in [2.24, 2.45) is 0 Å². The lowest BCUT2D eigenvalue weighted by atomic mass is 10.0. The highest BCUT2D eigenvalue weighted by molar-refractivity contribution is 9.10. The zero-order chi connectivity index (χ0) is 14.5. The highest BCUT2D eigenvalue weighted by Crippen LogP contribution is 2.34. The minimum Gasteiger partial charge on any atom is -0.313 e. The SMILES string of the molecule is CCNC(Cc1ccc(F)c(Br)c1)C1SCCSC1C. The zero-order valence-electron chi connectivity index (χ0n) is 11.9. The molecule has 20 heavy (non-hydrogen) atoms. The first-order valence-corrected chi connectivity index (χ1v) is 9.91. The van der Waals surface area contributed by atoms with Crippen LogP contribution < -0.4 is 5.32 Å². The van der Waals surface area contributed by atoms with E-state index in [1.807, 2.05) is 12.1 Å². The average molecular weight is 378 g/mol. The van der Waals surface area contributed by atoms with E-state index in [2.05, 4.69) is 58.6 Å². The van der Waals surface area contributed by atoms with Gasteiger partial charge in [0.1, 0.15) is 5.82 Å². The van der Waals surface area contributed by atoms with Crippen LogP contribution in [0.5, 0.6) is 0 Å². The van der Waals surface area contributed by atoms with Crippen LogP contribution in [-0.4, -0.2) is 34.6 Å². The summed E-state index contributed by atoms with van der Waals surface area (Å²) in [7, 11) is 0. The van der Waals surface area contributed by atoms with Crippen LogP contribution in [0.1, 0.15) is 19.4 Å². The lowest BCUT2D eigenvalue weighted by molar-refractivity contribution is 0.500. The monoisotopic (exact) mass is 377 g/mol. The summed E-state index contributed by atoms with van der Waals surface area (Å²) in [5, 5.41) is 4.91. The summed E-state index contributed by atoms with van der Waals surface area (Å²) < 4.78 is 13.9. The number of nitrogens with one attached hydrogen (secondary N) is 1. The van der Waals surface area contributed by atoms with Crippen molar-refractivity contribution in [2.75, 3.05) is 18.1 Å². The number of rotatable bonds is 5. The first-order valence-electron chi connectivity index (χ1n) is 7.02. The van der Waals surface area contributed by atoms with Crippen molar-refractivity contribution in [3.05, 3.63) is 34.1 Å². The van der Waals surface area contributed by atoms with Crippen LogP contribution in [0.25, 0.3) is 0 Å². The van der Waals surface area contributed by atoms with Gasteiger partial charge in [-0.25, -0.2) is 4.39 Å². The van der Waals surface area contributed by atoms with Crippen LogP contribution in [0.4, 0.5) is 4.39 Å². The Kier molecular flexibility index (Phi) is 6.72. The standard InChI is InChI=1S/C15H21BrFNS2/c1-3-18-14(15-10(2)19-6-7-20-15)9-11-4-5-13(17)12(16)8-11/h4-5,8,10,14-15,18H,3,6-7,9H2,1-2H3. The van der Waals surface area contributed by atoms with Crippen molar-refractivity contribution in [3.8, 4) is 0 Å². The Balaban J connectivity index is 2.09. The van der Waals surface area contributed by atoms with Crippen LogP contribution in [0, 0.1) is 5.82 Å². The summed E-state index contributed by atoms with van der Waals surface area (Å²) in [5.41, 5.74) is 1.19. The van der Waals surface area contributed by atoms with E-state index >= 15 is 0 Å². The Labute approximate surface area is 138 Å². The molecular formula is C15H21BrFNS2. The Morgan fingerprint density at radius 2 is 2.15 bits per heavy atom. The van der Waals surface area contributed by atoms with Gasteiger partial charge in [-0.15, -0.1) is 0 Å². The summed E-state index contributed by atoms with van der Waals surface area (Å²) >= 11 is 7.42. The van der Waals surface area contributed by atoms with E-state index in [4.69, 9.17) is 0 Å². The van der Waals surface area contributed by atoms with E-state index in [0.29, 0.717) is 21.0 Å². The van der Waals surface area contributed by atoms with E-state index in [-0.39, 0.29) is 5.82 Å². The Bertz CT molecular complexity index is 444. The van der Waals surface area contributed by atoms with E-state index in [1.54, 1.807) is 6.07 Å². The maximum atomic E-state index is 13.3. The second-order valence-corrected chi connectivity index (χ2v) is 8.65. The summed E-state index contributed by atoms with van der Waals surface area (Å²) in [5.74, 6) is 2.29. The first-order chi connectivity index (χ1) is 9.61. The van der Waals surface area contributed by atoms with Gasteiger partial charge in [0, 0.05) is 28.0 Å². The minimum atomic E-state index is -0.190. The summed E-state index contributed by atoms with van der Waals surface area (Å²) in [6, 6.07) is 5.81. The quantitative estimate of drug-likeness (QED) is 0.818. The molecule has 0 bridgehead atoms. The minimum absolute atomic E-state index is 0.190. The third-order valence-electron chi connectivity index (χ3n) is 3.54. The van der Waals surface area contributed by atoms with Gasteiger partial charge in [-0.3, -0.25) is 0 Å². The highest BCUT2D eigenvalue weighted by atomic mass is 79.9. The van der Waals surface area contributed by atoms with E-state index in [1.165, 1.54) is 17.1 Å². The van der Waals surface area contributed by atoms with Gasteiger partial charge in [-0.05, 0) is 46.6 Å². The Morgan fingerprint density at radius 3 is 2.80 bits per heavy atom. The van der Waals surface area contributed by atoms with Crippen LogP contribution in [-0.2, 0) is 6.42 Å². The van der Waals surface area contributed by atoms with Gasteiger partial charge in [-0.2, -0.15) is 23.5 Å². The molecule has 1 saturated heterocycles. The predicted molar refractivity (Wildman–Crippen MR) is 93.4 cm³/mol. The second-order valence-electron chi connectivity index (χ2n) is 5.03. The van der Waals surface area contributed by atoms with Crippen molar-refractivity contribution < 1.29 is 4.39 Å². The molecule has 1 heterocycles. The fraction of sp³-hybridized carbons (Fsp3) is 0.600. The molecular weight excluding hydrogens is 357 g/mol. The molecule has 3 unspecified atom stereocenters. The normalized spacial score (nSPS) is 24.6. The predicted octanol–water partition coefficient (Wildman–Crippen LogP) is 4.35. The van der Waals surface area contributed by atoms with Gasteiger partial charge < -0.3 is 5.32 Å². The van der Waals surface area contributed by atoms with Crippen LogP contribution in [0.15, 0.2) is 22.7 Å². The molecule has 2 rings (SSSR count). The van der Waals surface area contributed by atoms with Crippen molar-refractivity contribution in [2.45, 2.75) is 36.8 Å². The van der Waals surface area contributed by atoms with Crippen molar-refractivity contribution in [3.63, 3.8) is 0 Å². The third kappa shape index (κ3) is 4.39. The van der Waals surface area contributed by atoms with Gasteiger partial charge in [0.15, 0.2) is 0 Å². The van der Waals surface area contributed by atoms with Crippen molar-refractivity contribution >= 4 is 39.5 Å². The fourth-order valence-electron chi connectivity index (χ4n) is 2.58. The molecule has 112 valence electrons. The zero-order valence-corrected chi connectivity index (χ0v) is 15.1. The topological polar surface area (TPSA) is 12.0 Å². The first kappa shape index (κ1) is 16.7. The van der Waals surface area contributed by atoms with Gasteiger partial charge in [0.25, 0.3) is 0 Å². The van der Waals surface area contributed by atoms with Crippen LogP contribution in [0.2, 0.25) is 0 Å². The number of hydrogen-bond acceptors (Lipinski definition) is 3. The van der Waals surface area contributed by atoms with Crippen LogP contribution in [0.3, 0.4) is 0 Å². The van der Waals surface area contributed by atoms with Gasteiger partial charge in [-0.1, -0.05) is 19.9 Å². The number of halogens is 2. The summed E-state index contributed by atoms with van der Waals surface area (Å²) in [4.78, 5) is 0. The van der Waals surface area contributed by atoms with E-state index in [0.717, 1.165) is 13.0 Å². The van der Waals surface area contributed by atoms with Gasteiger partial charge >= 0.3 is 0 Å². The average Bonchev–Trinajstić information content (AvgIpc) is 2.43. The molecule has 1 aromatic rings. The molecule has 1 fully saturated rings. The molecule has 0 aromatic heterocycles. The molecule has 1 nitrogen and oxygen atoms in total. The van der Waals surface area contributed by atoms with Crippen molar-refractivity contribution in [1.29, 1.82) is 0 Å². The molecule has 0 amide bonds. The third-order valence-corrected chi connectivity index (χ3v) is 7.40. The van der Waals surface area contributed by atoms with E-state index in [9.17, 15) is 4.39 Å². The van der Waals surface area contributed by atoms with Gasteiger partial charge in [0.05, 0.1) is 4.47 Å². The molecule has 1 aliphatic rings. The molecule has 1 aliphatic heterocycles. The number of likely N-dealkylation sites (N-methyl/N-ethyl adjacent to an activating group) is 1. The highest BCUT2D eigenvalue weighted by Gasteiger charge is 2.30. The Morgan fingerprint density at radius 1 is 1.40 bits per heavy atom. The summed E-state index contributed by atoms with van der Waals surface area (Å²) in [6.45, 7) is 5.45. The summed E-state index contributed by atoms with van der Waals surface area (Å²) in [6.07, 6.45) is 0.954. The number of benzene rings is 1. The molecule has 1 N–H and O–H groups in total. The molecule has 5 heteroatoms. The molecule has 0 aliphatic carbocycles. The number of hydrogen-bond donors (Lipinski definition) is 1.